The number of benzene rings is 1. The van der Waals surface area contributed by atoms with Gasteiger partial charge in [-0.2, -0.15) is 0 Å². The third-order valence-corrected chi connectivity index (χ3v) is 2.88. The summed E-state index contributed by atoms with van der Waals surface area (Å²) < 4.78 is 8.26. The summed E-state index contributed by atoms with van der Waals surface area (Å²) in [5, 5.41) is 8.86. The van der Waals surface area contributed by atoms with Crippen molar-refractivity contribution in [1.29, 1.82) is 0 Å². The molecule has 0 bridgehead atoms. The predicted molar refractivity (Wildman–Crippen MR) is 70.0 cm³/mol. The van der Waals surface area contributed by atoms with Crippen LogP contribution in [0.15, 0.2) is 28.7 Å². The summed E-state index contributed by atoms with van der Waals surface area (Å²) in [7, 11) is 1.31. The van der Waals surface area contributed by atoms with Gasteiger partial charge in [-0.15, -0.1) is 0 Å². The maximum atomic E-state index is 10.8. The van der Waals surface area contributed by atoms with Gasteiger partial charge in [0.25, 0.3) is 0 Å². The average Bonchev–Trinajstić information content (AvgIpc) is 2.74. The Morgan fingerprint density at radius 1 is 1.39 bits per heavy atom. The fourth-order valence-corrected chi connectivity index (χ4v) is 1.74. The molecule has 2 rings (SSSR count). The Hall–Kier alpha value is -1.82. The van der Waals surface area contributed by atoms with Gasteiger partial charge in [0.2, 0.25) is 0 Å². The minimum Gasteiger partial charge on any atom is -0.508 e. The maximum absolute atomic E-state index is 10.8. The van der Waals surface area contributed by atoms with Crippen LogP contribution in [-0.2, 0) is 9.53 Å². The molecule has 1 aromatic carbocycles. The Morgan fingerprint density at radius 2 is 2.00 bits per heavy atom. The number of esters is 1. The summed E-state index contributed by atoms with van der Waals surface area (Å²) in [4.78, 5) is 21.2. The molecule has 0 aliphatic carbocycles. The van der Waals surface area contributed by atoms with Crippen LogP contribution in [-0.4, -0.2) is 35.4 Å². The number of rotatable bonds is 1. The molecule has 0 aromatic heterocycles. The molecule has 1 N–H and O–H groups in total. The Labute approximate surface area is 109 Å². The van der Waals surface area contributed by atoms with E-state index in [4.69, 9.17) is 5.11 Å². The monoisotopic (exact) mass is 267 g/mol. The Morgan fingerprint density at radius 3 is 2.33 bits per heavy atom. The van der Waals surface area contributed by atoms with E-state index in [1.54, 1.807) is 6.92 Å². The van der Waals surface area contributed by atoms with E-state index in [1.807, 2.05) is 0 Å². The smallest absolute Gasteiger partial charge is 0.337 e. The number of hydrogen-bond acceptors (Lipinski definition) is 6. The largest absolute Gasteiger partial charge is 0.508 e. The quantitative estimate of drug-likeness (QED) is 0.621. The van der Waals surface area contributed by atoms with Crippen LogP contribution in [0.1, 0.15) is 17.3 Å². The van der Waals surface area contributed by atoms with Crippen molar-refractivity contribution < 1.29 is 19.4 Å². The van der Waals surface area contributed by atoms with Gasteiger partial charge >= 0.3 is 5.97 Å². The van der Waals surface area contributed by atoms with E-state index >= 15 is 0 Å². The van der Waals surface area contributed by atoms with Crippen molar-refractivity contribution in [3.63, 3.8) is 0 Å². The van der Waals surface area contributed by atoms with Crippen LogP contribution < -0.4 is 0 Å². The van der Waals surface area contributed by atoms with Crippen molar-refractivity contribution in [2.45, 2.75) is 6.92 Å². The van der Waals surface area contributed by atoms with Gasteiger partial charge in [-0.25, -0.2) is 9.19 Å². The van der Waals surface area contributed by atoms with E-state index in [2.05, 4.69) is 9.13 Å². The third-order valence-electron chi connectivity index (χ3n) is 2.09. The zero-order chi connectivity index (χ0) is 13.5. The zero-order valence-corrected chi connectivity index (χ0v) is 10.9. The van der Waals surface area contributed by atoms with Gasteiger partial charge in [-0.05, 0) is 43.1 Å². The summed E-state index contributed by atoms with van der Waals surface area (Å²) in [5.74, 6) is 0.457. The molecule has 1 aliphatic rings. The first kappa shape index (κ1) is 14.2. The van der Waals surface area contributed by atoms with Gasteiger partial charge < -0.3 is 9.84 Å². The number of methoxy groups -OCH3 is 1. The predicted octanol–water partition coefficient (Wildman–Crippen LogP) is 1.86. The SMILES string of the molecule is CC1=NSCC1=O.COC(=O)c1ccc(O)cc1. The van der Waals surface area contributed by atoms with E-state index in [0.29, 0.717) is 17.0 Å². The van der Waals surface area contributed by atoms with Crippen LogP contribution in [0.3, 0.4) is 0 Å². The number of phenols is 1. The summed E-state index contributed by atoms with van der Waals surface area (Å²) >= 11 is 1.33. The maximum Gasteiger partial charge on any atom is 0.337 e. The molecule has 0 saturated carbocycles. The minimum atomic E-state index is -0.398. The fourth-order valence-electron chi connectivity index (χ4n) is 1.06. The number of carbonyl (C=O) groups is 2. The van der Waals surface area contributed by atoms with Gasteiger partial charge in [0, 0.05) is 0 Å². The van der Waals surface area contributed by atoms with Crippen LogP contribution in [0.4, 0.5) is 0 Å². The van der Waals surface area contributed by atoms with Crippen LogP contribution in [0, 0.1) is 0 Å². The molecule has 6 heteroatoms. The second kappa shape index (κ2) is 6.80. The lowest BCUT2D eigenvalue weighted by molar-refractivity contribution is -0.110. The van der Waals surface area contributed by atoms with Gasteiger partial charge in [-0.3, -0.25) is 4.79 Å². The summed E-state index contributed by atoms with van der Waals surface area (Å²) in [6.45, 7) is 1.74. The second-order valence-corrected chi connectivity index (χ2v) is 4.14. The van der Waals surface area contributed by atoms with Crippen molar-refractivity contribution in [3.05, 3.63) is 29.8 Å². The van der Waals surface area contributed by atoms with Crippen LogP contribution >= 0.6 is 11.9 Å². The molecule has 1 aromatic rings. The first-order valence-electron chi connectivity index (χ1n) is 5.11. The highest BCUT2D eigenvalue weighted by Gasteiger charge is 2.11. The van der Waals surface area contributed by atoms with Gasteiger partial charge in [0.05, 0.1) is 24.1 Å². The Balaban J connectivity index is 0.000000199. The summed E-state index contributed by atoms with van der Waals surface area (Å²) in [6.07, 6.45) is 0. The molecule has 1 heterocycles. The van der Waals surface area contributed by atoms with Gasteiger partial charge in [-0.1, -0.05) is 0 Å². The third kappa shape index (κ3) is 4.21. The van der Waals surface area contributed by atoms with Crippen LogP contribution in [0.5, 0.6) is 5.75 Å². The molecule has 5 nitrogen and oxygen atoms in total. The molecular formula is C12H13NO4S. The average molecular weight is 267 g/mol. The van der Waals surface area contributed by atoms with Gasteiger partial charge in [0.15, 0.2) is 5.78 Å². The van der Waals surface area contributed by atoms with E-state index in [-0.39, 0.29) is 11.5 Å². The molecule has 0 fully saturated rings. The van der Waals surface area contributed by atoms with Gasteiger partial charge in [0.1, 0.15) is 5.75 Å². The molecule has 0 radical (unpaired) electrons. The first-order chi connectivity index (χ1) is 8.54. The number of ether oxygens (including phenoxy) is 1. The lowest BCUT2D eigenvalue weighted by Gasteiger charge is -1.97. The first-order valence-corrected chi connectivity index (χ1v) is 6.06. The zero-order valence-electron chi connectivity index (χ0n) is 10.0. The number of ketones is 1. The van der Waals surface area contributed by atoms with Crippen molar-refractivity contribution in [2.75, 3.05) is 12.9 Å². The molecule has 0 spiro atoms. The Kier molecular flexibility index (Phi) is 5.38. The molecule has 96 valence electrons. The lowest BCUT2D eigenvalue weighted by atomic mass is 10.2. The molecule has 0 amide bonds. The van der Waals surface area contributed by atoms with E-state index in [0.717, 1.165) is 0 Å². The number of nitrogens with zero attached hydrogens (tertiary/aromatic N) is 1. The van der Waals surface area contributed by atoms with Crippen LogP contribution in [0.25, 0.3) is 0 Å². The van der Waals surface area contributed by atoms with E-state index in [9.17, 15) is 9.59 Å². The normalized spacial score (nSPS) is 13.4. The number of phenolic OH excluding ortho intramolecular Hbond substituents is 1. The van der Waals surface area contributed by atoms with Crippen molar-refractivity contribution in [3.8, 4) is 5.75 Å². The summed E-state index contributed by atoms with van der Waals surface area (Å²) in [5.41, 5.74) is 1.09. The highest BCUT2D eigenvalue weighted by Crippen LogP contribution is 2.10. The van der Waals surface area contributed by atoms with Crippen molar-refractivity contribution >= 4 is 29.4 Å². The molecular weight excluding hydrogens is 254 g/mol. The molecule has 0 unspecified atom stereocenters. The van der Waals surface area contributed by atoms with E-state index < -0.39 is 5.97 Å². The fraction of sp³-hybridized carbons (Fsp3) is 0.250. The molecule has 0 atom stereocenters. The van der Waals surface area contributed by atoms with Crippen LogP contribution in [0.2, 0.25) is 0 Å². The molecule has 0 saturated heterocycles. The minimum absolute atomic E-state index is 0.137. The number of Topliss-reactive ketones (excluding diaryl/α,β-unsaturated/α-hetero) is 1. The molecule has 18 heavy (non-hydrogen) atoms. The highest BCUT2D eigenvalue weighted by molar-refractivity contribution is 7.99. The number of aromatic hydroxyl groups is 1. The van der Waals surface area contributed by atoms with Crippen molar-refractivity contribution in [1.82, 2.24) is 0 Å². The van der Waals surface area contributed by atoms with Crippen molar-refractivity contribution in [2.24, 2.45) is 4.40 Å². The Bertz CT molecular complexity index is 467. The number of carbonyl (C=O) groups excluding carboxylic acids is 2. The van der Waals surface area contributed by atoms with E-state index in [1.165, 1.54) is 43.3 Å². The number of hydrogen-bond donors (Lipinski definition) is 1. The standard InChI is InChI=1S/C8H8O3.C4H5NOS/c1-11-8(10)6-2-4-7(9)5-3-6;1-3-4(6)2-7-5-3/h2-5,9H,1H3;2H2,1H3. The topological polar surface area (TPSA) is 76.0 Å². The summed E-state index contributed by atoms with van der Waals surface area (Å²) in [6, 6.07) is 5.88. The second-order valence-electron chi connectivity index (χ2n) is 3.41. The lowest BCUT2D eigenvalue weighted by Crippen LogP contribution is -2.04. The molecule has 1 aliphatic heterocycles. The highest BCUT2D eigenvalue weighted by atomic mass is 32.2.